The number of amides is 1. The number of aliphatic hydroxyl groups is 1. The average molecular weight is 345 g/mol. The van der Waals surface area contributed by atoms with Crippen molar-refractivity contribution in [3.05, 3.63) is 28.2 Å². The van der Waals surface area contributed by atoms with Gasteiger partial charge in [-0.3, -0.25) is 9.69 Å². The summed E-state index contributed by atoms with van der Waals surface area (Å²) >= 11 is 7.72. The second-order valence-electron chi connectivity index (χ2n) is 4.52. The van der Waals surface area contributed by atoms with E-state index >= 15 is 0 Å². The lowest BCUT2D eigenvalue weighted by Gasteiger charge is -2.34. The van der Waals surface area contributed by atoms with Crippen molar-refractivity contribution in [1.82, 2.24) is 9.80 Å². The highest BCUT2D eigenvalue weighted by Gasteiger charge is 2.22. The number of carbonyl (C=O) groups excluding carboxylic acids is 1. The highest BCUT2D eigenvalue weighted by atomic mass is 79.9. The van der Waals surface area contributed by atoms with Crippen LogP contribution in [0.25, 0.3) is 0 Å². The van der Waals surface area contributed by atoms with E-state index in [1.807, 2.05) is 17.0 Å². The van der Waals surface area contributed by atoms with Gasteiger partial charge < -0.3 is 10.0 Å². The van der Waals surface area contributed by atoms with Crippen LogP contribution in [0.3, 0.4) is 0 Å². The van der Waals surface area contributed by atoms with E-state index in [4.69, 9.17) is 5.11 Å². The topological polar surface area (TPSA) is 43.8 Å². The molecule has 0 aromatic heterocycles. The Labute approximate surface area is 126 Å². The van der Waals surface area contributed by atoms with E-state index < -0.39 is 0 Å². The van der Waals surface area contributed by atoms with E-state index in [9.17, 15) is 4.79 Å². The number of piperazine rings is 1. The third-order valence-electron chi connectivity index (χ3n) is 3.27. The van der Waals surface area contributed by atoms with Crippen LogP contribution in [0.5, 0.6) is 0 Å². The third kappa shape index (κ3) is 3.72. The first-order chi connectivity index (χ1) is 9.11. The summed E-state index contributed by atoms with van der Waals surface area (Å²) < 4.78 is 0.918. The maximum absolute atomic E-state index is 12.4. The van der Waals surface area contributed by atoms with Gasteiger partial charge in [0.15, 0.2) is 0 Å². The van der Waals surface area contributed by atoms with E-state index in [-0.39, 0.29) is 12.5 Å². The summed E-state index contributed by atoms with van der Waals surface area (Å²) in [5.41, 5.74) is 0.641. The first-order valence-corrected chi connectivity index (χ1v) is 7.47. The standard InChI is InChI=1S/C13H17BrN2O2S/c14-10-1-2-11(12(19)9-10)13(18)16-5-3-15(4-6-16)7-8-17/h1-2,9,17,19H,3-8H2. The van der Waals surface area contributed by atoms with Gasteiger partial charge in [-0.1, -0.05) is 15.9 Å². The zero-order valence-electron chi connectivity index (χ0n) is 10.5. The average Bonchev–Trinajstić information content (AvgIpc) is 2.39. The van der Waals surface area contributed by atoms with E-state index in [0.717, 1.165) is 17.6 Å². The van der Waals surface area contributed by atoms with Gasteiger partial charge in [0.25, 0.3) is 5.91 Å². The zero-order valence-corrected chi connectivity index (χ0v) is 13.0. The Morgan fingerprint density at radius 2 is 2.00 bits per heavy atom. The number of rotatable bonds is 3. The molecule has 1 amide bonds. The first kappa shape index (κ1) is 14.8. The van der Waals surface area contributed by atoms with E-state index in [2.05, 4.69) is 33.5 Å². The second kappa shape index (κ2) is 6.74. The number of aliphatic hydroxyl groups excluding tert-OH is 1. The molecule has 0 radical (unpaired) electrons. The van der Waals surface area contributed by atoms with Crippen molar-refractivity contribution >= 4 is 34.5 Å². The summed E-state index contributed by atoms with van der Waals surface area (Å²) in [5, 5.41) is 8.90. The summed E-state index contributed by atoms with van der Waals surface area (Å²) in [6, 6.07) is 5.49. The van der Waals surface area contributed by atoms with Crippen LogP contribution in [-0.2, 0) is 0 Å². The summed E-state index contributed by atoms with van der Waals surface area (Å²) in [6.07, 6.45) is 0. The molecule has 104 valence electrons. The zero-order chi connectivity index (χ0) is 13.8. The molecule has 6 heteroatoms. The van der Waals surface area contributed by atoms with Crippen LogP contribution in [0.2, 0.25) is 0 Å². The molecule has 0 atom stereocenters. The minimum atomic E-state index is 0.0288. The Hall–Kier alpha value is -0.560. The Bertz CT molecular complexity index is 462. The predicted octanol–water partition coefficient (Wildman–Crippen LogP) is 1.49. The molecule has 1 aliphatic rings. The molecular formula is C13H17BrN2O2S. The monoisotopic (exact) mass is 344 g/mol. The molecule has 4 nitrogen and oxygen atoms in total. The van der Waals surface area contributed by atoms with Crippen molar-refractivity contribution in [3.8, 4) is 0 Å². The highest BCUT2D eigenvalue weighted by molar-refractivity contribution is 9.10. The van der Waals surface area contributed by atoms with Gasteiger partial charge in [0.1, 0.15) is 0 Å². The molecule has 2 rings (SSSR count). The molecule has 19 heavy (non-hydrogen) atoms. The van der Waals surface area contributed by atoms with Crippen molar-refractivity contribution in [2.75, 3.05) is 39.3 Å². The Morgan fingerprint density at radius 1 is 1.32 bits per heavy atom. The number of benzene rings is 1. The summed E-state index contributed by atoms with van der Waals surface area (Å²) in [7, 11) is 0. The molecule has 1 aromatic rings. The largest absolute Gasteiger partial charge is 0.395 e. The van der Waals surface area contributed by atoms with Gasteiger partial charge in [0.05, 0.1) is 12.2 Å². The second-order valence-corrected chi connectivity index (χ2v) is 5.92. The third-order valence-corrected chi connectivity index (χ3v) is 4.13. The minimum Gasteiger partial charge on any atom is -0.395 e. The molecule has 1 aliphatic heterocycles. The highest BCUT2D eigenvalue weighted by Crippen LogP contribution is 2.21. The van der Waals surface area contributed by atoms with E-state index in [0.29, 0.717) is 30.1 Å². The number of hydrogen-bond acceptors (Lipinski definition) is 4. The van der Waals surface area contributed by atoms with Gasteiger partial charge in [0, 0.05) is 42.1 Å². The SMILES string of the molecule is O=C(c1ccc(Br)cc1S)N1CCN(CCO)CC1. The molecule has 0 spiro atoms. The Morgan fingerprint density at radius 3 is 2.58 bits per heavy atom. The normalized spacial score (nSPS) is 16.7. The maximum Gasteiger partial charge on any atom is 0.255 e. The summed E-state index contributed by atoms with van der Waals surface area (Å²) in [5.74, 6) is 0.0288. The lowest BCUT2D eigenvalue weighted by molar-refractivity contribution is 0.0612. The minimum absolute atomic E-state index is 0.0288. The molecule has 0 bridgehead atoms. The van der Waals surface area contributed by atoms with Crippen LogP contribution in [0.15, 0.2) is 27.6 Å². The van der Waals surface area contributed by atoms with Gasteiger partial charge in [0.2, 0.25) is 0 Å². The lowest BCUT2D eigenvalue weighted by Crippen LogP contribution is -2.49. The Kier molecular flexibility index (Phi) is 5.27. The fraction of sp³-hybridized carbons (Fsp3) is 0.462. The van der Waals surface area contributed by atoms with Crippen molar-refractivity contribution in [3.63, 3.8) is 0 Å². The molecule has 1 saturated heterocycles. The van der Waals surface area contributed by atoms with Crippen LogP contribution in [0.4, 0.5) is 0 Å². The number of hydrogen-bond donors (Lipinski definition) is 2. The smallest absolute Gasteiger partial charge is 0.255 e. The van der Waals surface area contributed by atoms with Crippen LogP contribution >= 0.6 is 28.6 Å². The van der Waals surface area contributed by atoms with Crippen molar-refractivity contribution < 1.29 is 9.90 Å². The van der Waals surface area contributed by atoms with Crippen molar-refractivity contribution in [2.45, 2.75) is 4.90 Å². The van der Waals surface area contributed by atoms with Gasteiger partial charge in [-0.25, -0.2) is 0 Å². The molecule has 0 aliphatic carbocycles. The number of halogens is 1. The number of carbonyl (C=O) groups is 1. The van der Waals surface area contributed by atoms with Crippen LogP contribution in [0.1, 0.15) is 10.4 Å². The van der Waals surface area contributed by atoms with Gasteiger partial charge >= 0.3 is 0 Å². The first-order valence-electron chi connectivity index (χ1n) is 6.23. The quantitative estimate of drug-likeness (QED) is 0.816. The van der Waals surface area contributed by atoms with Crippen molar-refractivity contribution in [1.29, 1.82) is 0 Å². The van der Waals surface area contributed by atoms with E-state index in [1.165, 1.54) is 0 Å². The molecule has 1 heterocycles. The van der Waals surface area contributed by atoms with Crippen LogP contribution < -0.4 is 0 Å². The fourth-order valence-corrected chi connectivity index (χ4v) is 3.02. The van der Waals surface area contributed by atoms with Crippen molar-refractivity contribution in [2.24, 2.45) is 0 Å². The van der Waals surface area contributed by atoms with Gasteiger partial charge in [-0.05, 0) is 18.2 Å². The van der Waals surface area contributed by atoms with Gasteiger partial charge in [-0.15, -0.1) is 12.6 Å². The maximum atomic E-state index is 12.4. The summed E-state index contributed by atoms with van der Waals surface area (Å²) in [4.78, 5) is 17.1. The Balaban J connectivity index is 2.01. The van der Waals surface area contributed by atoms with Crippen LogP contribution in [0, 0.1) is 0 Å². The summed E-state index contributed by atoms with van der Waals surface area (Å²) in [6.45, 7) is 3.86. The van der Waals surface area contributed by atoms with E-state index in [1.54, 1.807) is 6.07 Å². The van der Waals surface area contributed by atoms with Crippen LogP contribution in [-0.4, -0.2) is 60.1 Å². The molecule has 0 unspecified atom stereocenters. The fourth-order valence-electron chi connectivity index (χ4n) is 2.17. The number of thiol groups is 1. The molecule has 1 fully saturated rings. The molecule has 1 N–H and O–H groups in total. The molecule has 0 saturated carbocycles. The number of β-amino-alcohol motifs (C(OH)–C–C–N with tert-alkyl or cyclic N) is 1. The number of nitrogens with zero attached hydrogens (tertiary/aromatic N) is 2. The van der Waals surface area contributed by atoms with Gasteiger partial charge in [-0.2, -0.15) is 0 Å². The molecular weight excluding hydrogens is 328 g/mol. The lowest BCUT2D eigenvalue weighted by atomic mass is 10.2. The molecule has 1 aromatic carbocycles. The predicted molar refractivity (Wildman–Crippen MR) is 80.8 cm³/mol.